The zero-order valence-corrected chi connectivity index (χ0v) is 14.4. The predicted molar refractivity (Wildman–Crippen MR) is 96.4 cm³/mol. The number of aromatic amines is 2. The SMILES string of the molecule is O=C(CCc1ccc(-c2nn[nH]n2)cc1)Nc1cc(C2CCCC2)[nH]n1. The average molecular weight is 351 g/mol. The summed E-state index contributed by atoms with van der Waals surface area (Å²) in [6.07, 6.45) is 6.03. The Kier molecular flexibility index (Phi) is 4.72. The number of aryl methyl sites for hydroxylation is 1. The maximum absolute atomic E-state index is 12.2. The molecule has 1 aromatic carbocycles. The molecule has 1 amide bonds. The summed E-state index contributed by atoms with van der Waals surface area (Å²) in [7, 11) is 0. The standard InChI is InChI=1S/C18H21N7O/c26-17(19-16-11-15(20-21-16)13-3-1-2-4-13)10-7-12-5-8-14(9-6-12)18-22-24-25-23-18/h5-6,8-9,11,13H,1-4,7,10H2,(H2,19,20,21,26)(H,22,23,24,25). The van der Waals surface area contributed by atoms with Crippen molar-refractivity contribution in [3.05, 3.63) is 41.6 Å². The molecule has 2 aromatic heterocycles. The van der Waals surface area contributed by atoms with Gasteiger partial charge in [-0.05, 0) is 30.0 Å². The highest BCUT2D eigenvalue weighted by atomic mass is 16.1. The molecule has 0 bridgehead atoms. The summed E-state index contributed by atoms with van der Waals surface area (Å²) in [6.45, 7) is 0. The Morgan fingerprint density at radius 3 is 2.69 bits per heavy atom. The van der Waals surface area contributed by atoms with E-state index in [1.807, 2.05) is 30.3 Å². The molecule has 0 saturated heterocycles. The fraction of sp³-hybridized carbons (Fsp3) is 0.389. The molecule has 1 saturated carbocycles. The Labute approximate surface area is 150 Å². The lowest BCUT2D eigenvalue weighted by Gasteiger charge is -2.04. The van der Waals surface area contributed by atoms with Gasteiger partial charge in [0, 0.05) is 29.7 Å². The highest BCUT2D eigenvalue weighted by Gasteiger charge is 2.19. The molecule has 1 fully saturated rings. The lowest BCUT2D eigenvalue weighted by molar-refractivity contribution is -0.116. The molecule has 8 heteroatoms. The van der Waals surface area contributed by atoms with E-state index in [4.69, 9.17) is 0 Å². The molecule has 2 heterocycles. The normalized spacial score (nSPS) is 14.6. The van der Waals surface area contributed by atoms with Crippen molar-refractivity contribution in [2.24, 2.45) is 0 Å². The molecule has 0 aliphatic heterocycles. The fourth-order valence-electron chi connectivity index (χ4n) is 3.41. The third-order valence-corrected chi connectivity index (χ3v) is 4.86. The molecular formula is C18H21N7O. The number of carbonyl (C=O) groups is 1. The van der Waals surface area contributed by atoms with Crippen molar-refractivity contribution in [3.8, 4) is 11.4 Å². The van der Waals surface area contributed by atoms with Crippen LogP contribution in [0, 0.1) is 0 Å². The molecule has 1 aliphatic carbocycles. The van der Waals surface area contributed by atoms with Gasteiger partial charge in [-0.2, -0.15) is 10.3 Å². The summed E-state index contributed by atoms with van der Waals surface area (Å²) >= 11 is 0. The molecule has 0 unspecified atom stereocenters. The Morgan fingerprint density at radius 2 is 1.96 bits per heavy atom. The lowest BCUT2D eigenvalue weighted by atomic mass is 10.0. The second kappa shape index (κ2) is 7.47. The first kappa shape index (κ1) is 16.4. The minimum atomic E-state index is -0.0308. The third-order valence-electron chi connectivity index (χ3n) is 4.86. The highest BCUT2D eigenvalue weighted by molar-refractivity contribution is 5.89. The van der Waals surface area contributed by atoms with Gasteiger partial charge in [0.1, 0.15) is 0 Å². The maximum atomic E-state index is 12.2. The quantitative estimate of drug-likeness (QED) is 0.632. The number of nitrogens with zero attached hydrogens (tertiary/aromatic N) is 4. The maximum Gasteiger partial charge on any atom is 0.225 e. The van der Waals surface area contributed by atoms with Crippen LogP contribution in [-0.4, -0.2) is 36.7 Å². The largest absolute Gasteiger partial charge is 0.309 e. The zero-order chi connectivity index (χ0) is 17.8. The Hall–Kier alpha value is -3.03. The van der Waals surface area contributed by atoms with E-state index in [-0.39, 0.29) is 5.91 Å². The number of amides is 1. The number of benzene rings is 1. The number of nitrogens with one attached hydrogen (secondary N) is 3. The molecule has 0 atom stereocenters. The van der Waals surface area contributed by atoms with Gasteiger partial charge in [0.15, 0.2) is 5.82 Å². The van der Waals surface area contributed by atoms with Gasteiger partial charge in [-0.3, -0.25) is 9.89 Å². The zero-order valence-electron chi connectivity index (χ0n) is 14.4. The number of tetrazole rings is 1. The minimum Gasteiger partial charge on any atom is -0.309 e. The first-order valence-electron chi connectivity index (χ1n) is 8.96. The van der Waals surface area contributed by atoms with Crippen LogP contribution in [0.3, 0.4) is 0 Å². The van der Waals surface area contributed by atoms with Crippen LogP contribution in [0.5, 0.6) is 0 Å². The minimum absolute atomic E-state index is 0.0308. The topological polar surface area (TPSA) is 112 Å². The fourth-order valence-corrected chi connectivity index (χ4v) is 3.41. The predicted octanol–water partition coefficient (Wildman–Crippen LogP) is 2.82. The molecule has 8 nitrogen and oxygen atoms in total. The molecule has 26 heavy (non-hydrogen) atoms. The summed E-state index contributed by atoms with van der Waals surface area (Å²) < 4.78 is 0. The molecular weight excluding hydrogens is 330 g/mol. The van der Waals surface area contributed by atoms with Gasteiger partial charge in [0.05, 0.1) is 0 Å². The van der Waals surface area contributed by atoms with E-state index in [2.05, 4.69) is 36.1 Å². The number of carbonyl (C=O) groups excluding carboxylic acids is 1. The summed E-state index contributed by atoms with van der Waals surface area (Å²) in [6, 6.07) is 9.78. The summed E-state index contributed by atoms with van der Waals surface area (Å²) in [5.41, 5.74) is 3.11. The summed E-state index contributed by atoms with van der Waals surface area (Å²) in [5, 5.41) is 24.0. The van der Waals surface area contributed by atoms with E-state index >= 15 is 0 Å². The van der Waals surface area contributed by atoms with Crippen LogP contribution in [-0.2, 0) is 11.2 Å². The molecule has 0 radical (unpaired) electrons. The van der Waals surface area contributed by atoms with Crippen molar-refractivity contribution in [1.29, 1.82) is 0 Å². The van der Waals surface area contributed by atoms with Crippen LogP contribution < -0.4 is 5.32 Å². The van der Waals surface area contributed by atoms with E-state index < -0.39 is 0 Å². The molecule has 4 rings (SSSR count). The van der Waals surface area contributed by atoms with Gasteiger partial charge in [-0.25, -0.2) is 0 Å². The van der Waals surface area contributed by atoms with Crippen LogP contribution in [0.25, 0.3) is 11.4 Å². The van der Waals surface area contributed by atoms with Crippen molar-refractivity contribution in [2.45, 2.75) is 44.4 Å². The number of H-pyrrole nitrogens is 2. The van der Waals surface area contributed by atoms with E-state index in [9.17, 15) is 4.79 Å². The van der Waals surface area contributed by atoms with Gasteiger partial charge in [-0.15, -0.1) is 10.2 Å². The van der Waals surface area contributed by atoms with Crippen molar-refractivity contribution in [3.63, 3.8) is 0 Å². The lowest BCUT2D eigenvalue weighted by Crippen LogP contribution is -2.12. The van der Waals surface area contributed by atoms with Crippen LogP contribution in [0.15, 0.2) is 30.3 Å². The van der Waals surface area contributed by atoms with E-state index in [1.165, 1.54) is 25.7 Å². The van der Waals surface area contributed by atoms with Gasteiger partial charge in [0.2, 0.25) is 11.7 Å². The monoisotopic (exact) mass is 351 g/mol. The first-order chi connectivity index (χ1) is 12.8. The van der Waals surface area contributed by atoms with Crippen LogP contribution in [0.2, 0.25) is 0 Å². The van der Waals surface area contributed by atoms with Crippen molar-refractivity contribution >= 4 is 11.7 Å². The van der Waals surface area contributed by atoms with Crippen LogP contribution >= 0.6 is 0 Å². The average Bonchev–Trinajstić information content (AvgIpc) is 3.41. The summed E-state index contributed by atoms with van der Waals surface area (Å²) in [5.74, 6) is 1.71. The molecule has 3 N–H and O–H groups in total. The number of hydrogen-bond donors (Lipinski definition) is 3. The highest BCUT2D eigenvalue weighted by Crippen LogP contribution is 2.33. The van der Waals surface area contributed by atoms with Gasteiger partial charge >= 0.3 is 0 Å². The second-order valence-electron chi connectivity index (χ2n) is 6.67. The van der Waals surface area contributed by atoms with E-state index in [0.29, 0.717) is 30.4 Å². The van der Waals surface area contributed by atoms with Gasteiger partial charge in [-0.1, -0.05) is 37.1 Å². The molecule has 3 aromatic rings. The van der Waals surface area contributed by atoms with Crippen LogP contribution in [0.1, 0.15) is 49.3 Å². The Balaban J connectivity index is 1.28. The van der Waals surface area contributed by atoms with Crippen LogP contribution in [0.4, 0.5) is 5.82 Å². The smallest absolute Gasteiger partial charge is 0.225 e. The molecule has 134 valence electrons. The summed E-state index contributed by atoms with van der Waals surface area (Å²) in [4.78, 5) is 12.2. The number of rotatable bonds is 6. The van der Waals surface area contributed by atoms with E-state index in [1.54, 1.807) is 0 Å². The van der Waals surface area contributed by atoms with Crippen molar-refractivity contribution < 1.29 is 4.79 Å². The van der Waals surface area contributed by atoms with Crippen molar-refractivity contribution in [1.82, 2.24) is 30.8 Å². The number of hydrogen-bond acceptors (Lipinski definition) is 5. The second-order valence-corrected chi connectivity index (χ2v) is 6.67. The van der Waals surface area contributed by atoms with E-state index in [0.717, 1.165) is 16.8 Å². The molecule has 1 aliphatic rings. The molecule has 0 spiro atoms. The Morgan fingerprint density at radius 1 is 1.15 bits per heavy atom. The third kappa shape index (κ3) is 3.79. The Bertz CT molecular complexity index is 848. The number of anilines is 1. The van der Waals surface area contributed by atoms with Crippen molar-refractivity contribution in [2.75, 3.05) is 5.32 Å². The van der Waals surface area contributed by atoms with Gasteiger partial charge in [0.25, 0.3) is 0 Å². The first-order valence-corrected chi connectivity index (χ1v) is 8.96. The van der Waals surface area contributed by atoms with Gasteiger partial charge < -0.3 is 5.32 Å². The number of aromatic nitrogens is 6.